The van der Waals surface area contributed by atoms with Gasteiger partial charge in [0.25, 0.3) is 0 Å². The second-order valence-corrected chi connectivity index (χ2v) is 8.22. The van der Waals surface area contributed by atoms with Crippen LogP contribution in [0.5, 0.6) is 0 Å². The number of aromatic nitrogens is 2. The highest BCUT2D eigenvalue weighted by atomic mass is 16.5. The molecule has 1 aromatic heterocycles. The molecular formula is C21H32N4O4. The molecule has 160 valence electrons. The number of aryl methyl sites for hydroxylation is 2. The molecule has 1 aromatic rings. The largest absolute Gasteiger partial charge is 0.381 e. The zero-order chi connectivity index (χ0) is 21.1. The van der Waals surface area contributed by atoms with Crippen molar-refractivity contribution in [2.24, 2.45) is 5.92 Å². The number of carbonyl (C=O) groups excluding carboxylic acids is 2. The zero-order valence-corrected chi connectivity index (χ0v) is 17.9. The van der Waals surface area contributed by atoms with Gasteiger partial charge in [-0.25, -0.2) is 4.79 Å². The molecule has 3 heterocycles. The summed E-state index contributed by atoms with van der Waals surface area (Å²) < 4.78 is 5.37. The Balaban J connectivity index is 1.60. The minimum atomic E-state index is -0.358. The number of hydrogen-bond donors (Lipinski definition) is 1. The van der Waals surface area contributed by atoms with Gasteiger partial charge in [0.1, 0.15) is 0 Å². The Kier molecular flexibility index (Phi) is 6.72. The number of ether oxygens (including phenoxy) is 1. The van der Waals surface area contributed by atoms with Crippen LogP contribution in [-0.2, 0) is 20.7 Å². The monoisotopic (exact) mass is 404 g/mol. The van der Waals surface area contributed by atoms with Crippen LogP contribution in [0.25, 0.3) is 0 Å². The van der Waals surface area contributed by atoms with Gasteiger partial charge in [0.2, 0.25) is 11.8 Å². The van der Waals surface area contributed by atoms with Crippen LogP contribution in [0.4, 0.5) is 0 Å². The number of aromatic amines is 1. The molecule has 2 fully saturated rings. The van der Waals surface area contributed by atoms with Crippen molar-refractivity contribution < 1.29 is 14.3 Å². The normalized spacial score (nSPS) is 23.3. The second-order valence-electron chi connectivity index (χ2n) is 8.22. The van der Waals surface area contributed by atoms with Crippen LogP contribution in [-0.4, -0.2) is 70.0 Å². The lowest BCUT2D eigenvalue weighted by atomic mass is 9.95. The van der Waals surface area contributed by atoms with Gasteiger partial charge in [0.05, 0.1) is 0 Å². The first-order valence-electron chi connectivity index (χ1n) is 10.5. The van der Waals surface area contributed by atoms with Gasteiger partial charge in [-0.1, -0.05) is 0 Å². The SMILES string of the molecule is Cc1nc(=O)[nH]c(C)c1CCC(=O)N1CCN(C(=O)C2CCOCC2)[C@H](C)[C@@H]1C. The molecular weight excluding hydrogens is 372 g/mol. The number of carbonyl (C=O) groups is 2. The van der Waals surface area contributed by atoms with Crippen LogP contribution < -0.4 is 5.69 Å². The van der Waals surface area contributed by atoms with E-state index >= 15 is 0 Å². The molecule has 2 aliphatic rings. The molecule has 0 saturated carbocycles. The summed E-state index contributed by atoms with van der Waals surface area (Å²) in [7, 11) is 0. The standard InChI is InChI=1S/C21H32N4O4/c1-13-18(14(2)23-21(28)22-13)5-6-19(26)24-9-10-25(16(4)15(24)3)20(27)17-7-11-29-12-8-17/h15-17H,5-12H2,1-4H3,(H,22,23,28)/t15-,16+/m0/s1. The van der Waals surface area contributed by atoms with Crippen LogP contribution >= 0.6 is 0 Å². The van der Waals surface area contributed by atoms with Gasteiger partial charge in [-0.3, -0.25) is 9.59 Å². The van der Waals surface area contributed by atoms with Crippen molar-refractivity contribution in [1.82, 2.24) is 19.8 Å². The lowest BCUT2D eigenvalue weighted by Crippen LogP contribution is -2.61. The first-order valence-corrected chi connectivity index (χ1v) is 10.5. The van der Waals surface area contributed by atoms with Crippen molar-refractivity contribution in [2.45, 2.75) is 65.5 Å². The summed E-state index contributed by atoms with van der Waals surface area (Å²) in [5.74, 6) is 0.317. The summed E-state index contributed by atoms with van der Waals surface area (Å²) in [6.45, 7) is 10.1. The summed E-state index contributed by atoms with van der Waals surface area (Å²) in [6.07, 6.45) is 2.47. The van der Waals surface area contributed by atoms with E-state index in [2.05, 4.69) is 9.97 Å². The molecule has 0 radical (unpaired) electrons. The fourth-order valence-electron chi connectivity index (χ4n) is 4.48. The lowest BCUT2D eigenvalue weighted by molar-refractivity contribution is -0.150. The maximum absolute atomic E-state index is 12.9. The molecule has 8 nitrogen and oxygen atoms in total. The van der Waals surface area contributed by atoms with Gasteiger partial charge in [-0.15, -0.1) is 0 Å². The van der Waals surface area contributed by atoms with Gasteiger partial charge < -0.3 is 19.5 Å². The molecule has 29 heavy (non-hydrogen) atoms. The van der Waals surface area contributed by atoms with Crippen molar-refractivity contribution in [1.29, 1.82) is 0 Å². The van der Waals surface area contributed by atoms with Gasteiger partial charge in [-0.05, 0) is 52.5 Å². The fourth-order valence-corrected chi connectivity index (χ4v) is 4.48. The molecule has 2 saturated heterocycles. The Hall–Kier alpha value is -2.22. The Morgan fingerprint density at radius 3 is 2.38 bits per heavy atom. The number of piperazine rings is 1. The molecule has 0 spiro atoms. The topological polar surface area (TPSA) is 95.6 Å². The van der Waals surface area contributed by atoms with Gasteiger partial charge in [0, 0.05) is 62.1 Å². The fraction of sp³-hybridized carbons (Fsp3) is 0.714. The van der Waals surface area contributed by atoms with Crippen LogP contribution in [0.3, 0.4) is 0 Å². The minimum absolute atomic E-state index is 0.0127. The summed E-state index contributed by atoms with van der Waals surface area (Å²) >= 11 is 0. The third-order valence-corrected chi connectivity index (χ3v) is 6.48. The highest BCUT2D eigenvalue weighted by Gasteiger charge is 2.38. The molecule has 0 bridgehead atoms. The van der Waals surface area contributed by atoms with Crippen molar-refractivity contribution >= 4 is 11.8 Å². The predicted molar refractivity (Wildman–Crippen MR) is 109 cm³/mol. The Labute approximate surface area is 171 Å². The number of H-pyrrole nitrogens is 1. The van der Waals surface area contributed by atoms with Crippen LogP contribution in [0.1, 0.15) is 50.1 Å². The molecule has 2 amide bonds. The molecule has 8 heteroatoms. The molecule has 0 unspecified atom stereocenters. The molecule has 2 atom stereocenters. The minimum Gasteiger partial charge on any atom is -0.381 e. The van der Waals surface area contributed by atoms with E-state index in [0.717, 1.165) is 24.1 Å². The molecule has 0 aromatic carbocycles. The molecule has 2 aliphatic heterocycles. The van der Waals surface area contributed by atoms with E-state index in [1.807, 2.05) is 30.6 Å². The maximum Gasteiger partial charge on any atom is 0.345 e. The van der Waals surface area contributed by atoms with Crippen molar-refractivity contribution in [3.8, 4) is 0 Å². The van der Waals surface area contributed by atoms with Crippen molar-refractivity contribution in [2.75, 3.05) is 26.3 Å². The van der Waals surface area contributed by atoms with Gasteiger partial charge in [-0.2, -0.15) is 4.98 Å². The van der Waals surface area contributed by atoms with E-state index in [1.54, 1.807) is 6.92 Å². The predicted octanol–water partition coefficient (Wildman–Crippen LogP) is 1.19. The third-order valence-electron chi connectivity index (χ3n) is 6.48. The van der Waals surface area contributed by atoms with Gasteiger partial charge in [0.15, 0.2) is 0 Å². The zero-order valence-electron chi connectivity index (χ0n) is 17.9. The average molecular weight is 405 g/mol. The quantitative estimate of drug-likeness (QED) is 0.813. The number of nitrogens with one attached hydrogen (secondary N) is 1. The summed E-state index contributed by atoms with van der Waals surface area (Å²) in [4.78, 5) is 47.8. The Morgan fingerprint density at radius 2 is 1.72 bits per heavy atom. The second kappa shape index (κ2) is 9.07. The van der Waals surface area contributed by atoms with Crippen molar-refractivity contribution in [3.05, 3.63) is 27.4 Å². The number of nitrogens with zero attached hydrogens (tertiary/aromatic N) is 3. The van der Waals surface area contributed by atoms with E-state index in [1.165, 1.54) is 0 Å². The Morgan fingerprint density at radius 1 is 1.10 bits per heavy atom. The first kappa shape index (κ1) is 21.5. The highest BCUT2D eigenvalue weighted by molar-refractivity contribution is 5.81. The van der Waals surface area contributed by atoms with Crippen LogP contribution in [0.2, 0.25) is 0 Å². The molecule has 0 aliphatic carbocycles. The van der Waals surface area contributed by atoms with Crippen molar-refractivity contribution in [3.63, 3.8) is 0 Å². The van der Waals surface area contributed by atoms with Crippen LogP contribution in [0, 0.1) is 19.8 Å². The number of rotatable bonds is 4. The molecule has 3 rings (SSSR count). The average Bonchev–Trinajstić information content (AvgIpc) is 2.69. The lowest BCUT2D eigenvalue weighted by Gasteiger charge is -2.46. The molecule has 1 N–H and O–H groups in total. The third kappa shape index (κ3) is 4.69. The van der Waals surface area contributed by atoms with Gasteiger partial charge >= 0.3 is 5.69 Å². The van der Waals surface area contributed by atoms with E-state index in [0.29, 0.717) is 44.8 Å². The number of hydrogen-bond acceptors (Lipinski definition) is 5. The van der Waals surface area contributed by atoms with E-state index in [9.17, 15) is 14.4 Å². The summed E-state index contributed by atoms with van der Waals surface area (Å²) in [5, 5.41) is 0. The highest BCUT2D eigenvalue weighted by Crippen LogP contribution is 2.24. The Bertz CT molecular complexity index is 789. The summed E-state index contributed by atoms with van der Waals surface area (Å²) in [6, 6.07) is -0.0443. The smallest absolute Gasteiger partial charge is 0.345 e. The van der Waals surface area contributed by atoms with E-state index in [-0.39, 0.29) is 35.5 Å². The number of amides is 2. The van der Waals surface area contributed by atoms with Crippen LogP contribution in [0.15, 0.2) is 4.79 Å². The first-order chi connectivity index (χ1) is 13.8. The summed E-state index contributed by atoms with van der Waals surface area (Å²) in [5.41, 5.74) is 2.01. The maximum atomic E-state index is 12.9. The van der Waals surface area contributed by atoms with E-state index < -0.39 is 0 Å². The van der Waals surface area contributed by atoms with E-state index in [4.69, 9.17) is 4.74 Å².